The first-order chi connectivity index (χ1) is 16.8. The molecule has 1 atom stereocenters. The number of anilines is 2. The lowest BCUT2D eigenvalue weighted by Gasteiger charge is -2.17. The van der Waals surface area contributed by atoms with Crippen LogP contribution in [-0.2, 0) is 23.9 Å². The maximum absolute atomic E-state index is 12.4. The first kappa shape index (κ1) is 25.3. The number of nitrogens with one attached hydrogen (secondary N) is 1. The van der Waals surface area contributed by atoms with E-state index in [0.717, 1.165) is 12.8 Å². The first-order valence-electron chi connectivity index (χ1n) is 11.1. The first-order valence-corrected chi connectivity index (χ1v) is 11.1. The van der Waals surface area contributed by atoms with E-state index in [2.05, 4.69) is 5.32 Å². The van der Waals surface area contributed by atoms with Crippen molar-refractivity contribution >= 4 is 40.8 Å². The van der Waals surface area contributed by atoms with Crippen LogP contribution in [0.3, 0.4) is 0 Å². The van der Waals surface area contributed by atoms with Gasteiger partial charge in [-0.3, -0.25) is 24.5 Å². The van der Waals surface area contributed by atoms with Crippen LogP contribution in [0.5, 0.6) is 0 Å². The molecular formula is C24H25N3O8. The molecule has 0 bridgehead atoms. The van der Waals surface area contributed by atoms with Gasteiger partial charge in [0.2, 0.25) is 5.91 Å². The summed E-state index contributed by atoms with van der Waals surface area (Å²) in [5, 5.41) is 13.2. The number of unbranched alkanes of at least 4 members (excludes halogenated alkanes) is 1. The fourth-order valence-electron chi connectivity index (χ4n) is 3.43. The molecule has 1 N–H and O–H groups in total. The van der Waals surface area contributed by atoms with Gasteiger partial charge in [-0.05, 0) is 36.8 Å². The number of hydrogen-bond donors (Lipinski definition) is 1. The van der Waals surface area contributed by atoms with Crippen LogP contribution in [0, 0.1) is 16.0 Å². The third-order valence-electron chi connectivity index (χ3n) is 5.29. The Bertz CT molecular complexity index is 1120. The normalized spacial score (nSPS) is 14.9. The molecule has 0 saturated carbocycles. The van der Waals surface area contributed by atoms with Crippen LogP contribution in [0.25, 0.3) is 0 Å². The summed E-state index contributed by atoms with van der Waals surface area (Å²) in [6, 6.07) is 11.7. The van der Waals surface area contributed by atoms with Crippen molar-refractivity contribution < 1.29 is 33.6 Å². The minimum atomic E-state index is -0.758. The van der Waals surface area contributed by atoms with E-state index >= 15 is 0 Å². The van der Waals surface area contributed by atoms with Crippen LogP contribution in [0.4, 0.5) is 17.1 Å². The van der Waals surface area contributed by atoms with Gasteiger partial charge in [0.15, 0.2) is 6.61 Å². The van der Waals surface area contributed by atoms with Gasteiger partial charge in [-0.15, -0.1) is 0 Å². The molecule has 1 aliphatic heterocycles. The summed E-state index contributed by atoms with van der Waals surface area (Å²) in [6.07, 6.45) is 1.61. The highest BCUT2D eigenvalue weighted by atomic mass is 16.6. The number of nitro benzene ring substituents is 1. The molecule has 1 saturated heterocycles. The molecular weight excluding hydrogens is 458 g/mol. The van der Waals surface area contributed by atoms with Crippen LogP contribution in [0.15, 0.2) is 48.5 Å². The van der Waals surface area contributed by atoms with Gasteiger partial charge >= 0.3 is 11.9 Å². The van der Waals surface area contributed by atoms with Crippen LogP contribution in [0.2, 0.25) is 0 Å². The van der Waals surface area contributed by atoms with Crippen molar-refractivity contribution in [3.05, 3.63) is 64.2 Å². The van der Waals surface area contributed by atoms with Gasteiger partial charge in [-0.1, -0.05) is 19.4 Å². The van der Waals surface area contributed by atoms with E-state index in [4.69, 9.17) is 9.47 Å². The van der Waals surface area contributed by atoms with Crippen LogP contribution in [0.1, 0.15) is 36.5 Å². The van der Waals surface area contributed by atoms with Crippen molar-refractivity contribution in [1.82, 2.24) is 0 Å². The minimum absolute atomic E-state index is 0.0739. The number of esters is 2. The van der Waals surface area contributed by atoms with Crippen LogP contribution in [-0.4, -0.2) is 48.4 Å². The zero-order valence-corrected chi connectivity index (χ0v) is 19.1. The van der Waals surface area contributed by atoms with Gasteiger partial charge in [0, 0.05) is 36.5 Å². The maximum atomic E-state index is 12.4. The van der Waals surface area contributed by atoms with Crippen molar-refractivity contribution in [2.45, 2.75) is 26.2 Å². The van der Waals surface area contributed by atoms with Gasteiger partial charge in [0.05, 0.1) is 23.0 Å². The van der Waals surface area contributed by atoms with Gasteiger partial charge in [0.1, 0.15) is 0 Å². The Morgan fingerprint density at radius 3 is 2.57 bits per heavy atom. The largest absolute Gasteiger partial charge is 0.462 e. The van der Waals surface area contributed by atoms with Crippen molar-refractivity contribution in [3.8, 4) is 0 Å². The fraction of sp³-hybridized carbons (Fsp3) is 0.333. The molecule has 1 aliphatic rings. The predicted octanol–water partition coefficient (Wildman–Crippen LogP) is 3.09. The molecule has 0 spiro atoms. The molecule has 35 heavy (non-hydrogen) atoms. The molecule has 2 aromatic carbocycles. The third-order valence-corrected chi connectivity index (χ3v) is 5.29. The lowest BCUT2D eigenvalue weighted by atomic mass is 10.1. The maximum Gasteiger partial charge on any atom is 0.338 e. The predicted molar refractivity (Wildman–Crippen MR) is 125 cm³/mol. The number of ether oxygens (including phenoxy) is 2. The Hall–Kier alpha value is -4.28. The van der Waals surface area contributed by atoms with Crippen LogP contribution >= 0.6 is 0 Å². The average molecular weight is 483 g/mol. The Morgan fingerprint density at radius 1 is 1.14 bits per heavy atom. The Balaban J connectivity index is 1.50. The van der Waals surface area contributed by atoms with E-state index in [9.17, 15) is 29.3 Å². The number of nitro groups is 1. The molecule has 1 fully saturated rings. The van der Waals surface area contributed by atoms with Crippen molar-refractivity contribution in [3.63, 3.8) is 0 Å². The average Bonchev–Trinajstić information content (AvgIpc) is 3.24. The SMILES string of the molecule is CCCCOC(=O)c1ccc(N2C[C@H](C(=O)OCC(=O)Nc3cccc([N+](=O)[O-])c3)CC2=O)cc1. The summed E-state index contributed by atoms with van der Waals surface area (Å²) >= 11 is 0. The van der Waals surface area contributed by atoms with Crippen molar-refractivity contribution in [1.29, 1.82) is 0 Å². The lowest BCUT2D eigenvalue weighted by molar-refractivity contribution is -0.384. The number of amides is 2. The van der Waals surface area contributed by atoms with E-state index < -0.39 is 35.3 Å². The molecule has 0 aliphatic carbocycles. The summed E-state index contributed by atoms with van der Waals surface area (Å²) in [6.45, 7) is 1.81. The molecule has 2 amide bonds. The molecule has 0 unspecified atom stereocenters. The highest BCUT2D eigenvalue weighted by Gasteiger charge is 2.36. The summed E-state index contributed by atoms with van der Waals surface area (Å²) in [5.41, 5.74) is 0.895. The van der Waals surface area contributed by atoms with Crippen molar-refractivity contribution in [2.24, 2.45) is 5.92 Å². The second-order valence-corrected chi connectivity index (χ2v) is 7.91. The molecule has 1 heterocycles. The number of nitrogens with zero attached hydrogens (tertiary/aromatic N) is 2. The van der Waals surface area contributed by atoms with E-state index in [1.807, 2.05) is 6.92 Å². The van der Waals surface area contributed by atoms with E-state index in [1.165, 1.54) is 29.2 Å². The standard InChI is InChI=1S/C24H25N3O8/c1-2-3-11-34-23(30)16-7-9-19(10-8-16)26-14-17(12-22(26)29)24(31)35-15-21(28)25-18-5-4-6-20(13-18)27(32)33/h4-10,13,17H,2-3,11-12,14-15H2,1H3,(H,25,28)/t17-/m1/s1. The number of benzene rings is 2. The lowest BCUT2D eigenvalue weighted by Crippen LogP contribution is -2.28. The fourth-order valence-corrected chi connectivity index (χ4v) is 3.43. The third kappa shape index (κ3) is 6.85. The second-order valence-electron chi connectivity index (χ2n) is 7.91. The second kappa shape index (κ2) is 11.7. The molecule has 0 aromatic heterocycles. The molecule has 3 rings (SSSR count). The quantitative estimate of drug-likeness (QED) is 0.235. The summed E-state index contributed by atoms with van der Waals surface area (Å²) < 4.78 is 10.2. The van der Waals surface area contributed by atoms with E-state index in [0.29, 0.717) is 17.9 Å². The number of rotatable bonds is 10. The molecule has 184 valence electrons. The van der Waals surface area contributed by atoms with E-state index in [1.54, 1.807) is 24.3 Å². The number of carbonyl (C=O) groups excluding carboxylic acids is 4. The topological polar surface area (TPSA) is 145 Å². The molecule has 0 radical (unpaired) electrons. The number of non-ortho nitro benzene ring substituents is 1. The zero-order chi connectivity index (χ0) is 25.4. The summed E-state index contributed by atoms with van der Waals surface area (Å²) in [5.74, 6) is -2.85. The van der Waals surface area contributed by atoms with Gasteiger partial charge in [-0.2, -0.15) is 0 Å². The van der Waals surface area contributed by atoms with E-state index in [-0.39, 0.29) is 30.2 Å². The number of hydrogen-bond acceptors (Lipinski definition) is 8. The van der Waals surface area contributed by atoms with Gasteiger partial charge < -0.3 is 19.7 Å². The van der Waals surface area contributed by atoms with Crippen molar-refractivity contribution in [2.75, 3.05) is 30.0 Å². The van der Waals surface area contributed by atoms with Gasteiger partial charge in [0.25, 0.3) is 11.6 Å². The summed E-state index contributed by atoms with van der Waals surface area (Å²) in [4.78, 5) is 60.6. The Labute approximate surface area is 201 Å². The molecule has 11 heteroatoms. The molecule has 11 nitrogen and oxygen atoms in total. The highest BCUT2D eigenvalue weighted by Crippen LogP contribution is 2.26. The Morgan fingerprint density at radius 2 is 1.89 bits per heavy atom. The molecule has 2 aromatic rings. The Kier molecular flexibility index (Phi) is 8.49. The highest BCUT2D eigenvalue weighted by molar-refractivity contribution is 6.00. The zero-order valence-electron chi connectivity index (χ0n) is 19.1. The number of carbonyl (C=O) groups is 4. The smallest absolute Gasteiger partial charge is 0.338 e. The monoisotopic (exact) mass is 483 g/mol. The summed E-state index contributed by atoms with van der Waals surface area (Å²) in [7, 11) is 0. The minimum Gasteiger partial charge on any atom is -0.462 e. The van der Waals surface area contributed by atoms with Crippen LogP contribution < -0.4 is 10.2 Å². The van der Waals surface area contributed by atoms with Gasteiger partial charge in [-0.25, -0.2) is 4.79 Å².